The van der Waals surface area contributed by atoms with Crippen molar-refractivity contribution in [2.24, 2.45) is 0 Å². The molecule has 5 nitrogen and oxygen atoms in total. The highest BCUT2D eigenvalue weighted by Crippen LogP contribution is 2.14. The second-order valence-corrected chi connectivity index (χ2v) is 5.28. The first-order valence-corrected chi connectivity index (χ1v) is 5.67. The molecule has 0 saturated carbocycles. The van der Waals surface area contributed by atoms with Crippen LogP contribution in [0.5, 0.6) is 0 Å². The first kappa shape index (κ1) is 13.3. The molecule has 1 heterocycles. The number of piperazine rings is 1. The molecule has 1 aliphatic heterocycles. The van der Waals surface area contributed by atoms with Crippen LogP contribution in [-0.2, 0) is 4.74 Å². The third kappa shape index (κ3) is 3.64. The van der Waals surface area contributed by atoms with Crippen LogP contribution in [0.4, 0.5) is 4.79 Å². The molecule has 1 saturated heterocycles. The van der Waals surface area contributed by atoms with E-state index in [9.17, 15) is 9.90 Å². The van der Waals surface area contributed by atoms with E-state index in [1.807, 2.05) is 27.7 Å². The standard InChI is InChI=1S/C11H22N2O3/c1-8-6-13(9(7-14)5-12-8)10(15)16-11(2,3)4/h8-9,12,14H,5-7H2,1-4H3/t8-,9-/m0/s1. The third-order valence-electron chi connectivity index (χ3n) is 2.45. The summed E-state index contributed by atoms with van der Waals surface area (Å²) in [7, 11) is 0. The van der Waals surface area contributed by atoms with E-state index in [0.29, 0.717) is 13.1 Å². The lowest BCUT2D eigenvalue weighted by molar-refractivity contribution is 0.000250. The lowest BCUT2D eigenvalue weighted by Crippen LogP contribution is -2.59. The Labute approximate surface area is 96.8 Å². The predicted octanol–water partition coefficient (Wildman–Crippen LogP) is 0.576. The third-order valence-corrected chi connectivity index (χ3v) is 2.45. The summed E-state index contributed by atoms with van der Waals surface area (Å²) >= 11 is 0. The van der Waals surface area contributed by atoms with Gasteiger partial charge in [-0.2, -0.15) is 0 Å². The number of hydrogen-bond acceptors (Lipinski definition) is 4. The normalized spacial score (nSPS) is 26.7. The molecule has 1 amide bonds. The molecule has 94 valence electrons. The highest BCUT2D eigenvalue weighted by Gasteiger charge is 2.32. The first-order chi connectivity index (χ1) is 7.33. The van der Waals surface area contributed by atoms with Crippen LogP contribution in [0.1, 0.15) is 27.7 Å². The Morgan fingerprint density at radius 3 is 2.69 bits per heavy atom. The predicted molar refractivity (Wildman–Crippen MR) is 61.3 cm³/mol. The van der Waals surface area contributed by atoms with Gasteiger partial charge in [-0.25, -0.2) is 4.79 Å². The van der Waals surface area contributed by atoms with Gasteiger partial charge in [-0.05, 0) is 27.7 Å². The van der Waals surface area contributed by atoms with Crippen molar-refractivity contribution >= 4 is 6.09 Å². The monoisotopic (exact) mass is 230 g/mol. The summed E-state index contributed by atoms with van der Waals surface area (Å²) in [5, 5.41) is 12.4. The van der Waals surface area contributed by atoms with Crippen molar-refractivity contribution in [1.82, 2.24) is 10.2 Å². The second-order valence-electron chi connectivity index (χ2n) is 5.28. The van der Waals surface area contributed by atoms with Crippen LogP contribution in [0.15, 0.2) is 0 Å². The zero-order valence-corrected chi connectivity index (χ0v) is 10.5. The number of carbonyl (C=O) groups is 1. The van der Waals surface area contributed by atoms with Crippen molar-refractivity contribution in [2.45, 2.75) is 45.4 Å². The summed E-state index contributed by atoms with van der Waals surface area (Å²) in [6, 6.07) is 0.0429. The van der Waals surface area contributed by atoms with Gasteiger partial charge < -0.3 is 20.1 Å². The van der Waals surface area contributed by atoms with Gasteiger partial charge in [0.15, 0.2) is 0 Å². The van der Waals surface area contributed by atoms with Crippen molar-refractivity contribution < 1.29 is 14.6 Å². The van der Waals surface area contributed by atoms with Crippen LogP contribution < -0.4 is 5.32 Å². The minimum Gasteiger partial charge on any atom is -0.444 e. The van der Waals surface area contributed by atoms with E-state index in [4.69, 9.17) is 4.74 Å². The van der Waals surface area contributed by atoms with Gasteiger partial charge >= 0.3 is 6.09 Å². The van der Waals surface area contributed by atoms with Crippen LogP contribution in [0, 0.1) is 0 Å². The first-order valence-electron chi connectivity index (χ1n) is 5.67. The minimum atomic E-state index is -0.495. The molecule has 5 heteroatoms. The quantitative estimate of drug-likeness (QED) is 0.691. The Balaban J connectivity index is 2.63. The van der Waals surface area contributed by atoms with Crippen LogP contribution in [0.2, 0.25) is 0 Å². The average molecular weight is 230 g/mol. The van der Waals surface area contributed by atoms with Crippen molar-refractivity contribution in [2.75, 3.05) is 19.7 Å². The molecule has 1 aliphatic rings. The molecule has 0 aromatic carbocycles. The van der Waals surface area contributed by atoms with Crippen LogP contribution >= 0.6 is 0 Å². The number of aliphatic hydroxyl groups excluding tert-OH is 1. The lowest BCUT2D eigenvalue weighted by Gasteiger charge is -2.39. The summed E-state index contributed by atoms with van der Waals surface area (Å²) in [4.78, 5) is 13.5. The summed E-state index contributed by atoms with van der Waals surface area (Å²) < 4.78 is 5.31. The number of amides is 1. The van der Waals surface area contributed by atoms with E-state index in [1.54, 1.807) is 4.90 Å². The molecular formula is C11H22N2O3. The molecule has 1 rings (SSSR count). The summed E-state index contributed by atoms with van der Waals surface area (Å²) in [6.45, 7) is 8.65. The lowest BCUT2D eigenvalue weighted by atomic mass is 10.1. The van der Waals surface area contributed by atoms with Gasteiger partial charge in [-0.1, -0.05) is 0 Å². The van der Waals surface area contributed by atoms with Crippen LogP contribution in [0.3, 0.4) is 0 Å². The minimum absolute atomic E-state index is 0.0427. The van der Waals surface area contributed by atoms with E-state index >= 15 is 0 Å². The fourth-order valence-corrected chi connectivity index (χ4v) is 1.66. The van der Waals surface area contributed by atoms with E-state index < -0.39 is 5.60 Å². The molecule has 0 spiro atoms. The van der Waals surface area contributed by atoms with Crippen molar-refractivity contribution in [3.05, 3.63) is 0 Å². The maximum atomic E-state index is 11.9. The highest BCUT2D eigenvalue weighted by atomic mass is 16.6. The van der Waals surface area contributed by atoms with Crippen LogP contribution in [-0.4, -0.2) is 53.5 Å². The van der Waals surface area contributed by atoms with E-state index in [0.717, 1.165) is 0 Å². The average Bonchev–Trinajstić information content (AvgIpc) is 2.15. The SMILES string of the molecule is C[C@H]1CN(C(=O)OC(C)(C)C)[C@H](CO)CN1. The largest absolute Gasteiger partial charge is 0.444 e. The Kier molecular flexibility index (Phi) is 4.15. The molecule has 0 bridgehead atoms. The number of nitrogens with one attached hydrogen (secondary N) is 1. The fourth-order valence-electron chi connectivity index (χ4n) is 1.66. The van der Waals surface area contributed by atoms with Crippen molar-refractivity contribution in [3.63, 3.8) is 0 Å². The van der Waals surface area contributed by atoms with Gasteiger partial charge in [-0.15, -0.1) is 0 Å². The number of rotatable bonds is 1. The Morgan fingerprint density at radius 2 is 2.19 bits per heavy atom. The van der Waals surface area contributed by atoms with Crippen molar-refractivity contribution in [1.29, 1.82) is 0 Å². The summed E-state index contributed by atoms with van der Waals surface area (Å²) in [5.74, 6) is 0. The molecule has 0 aliphatic carbocycles. The van der Waals surface area contributed by atoms with E-state index in [2.05, 4.69) is 5.32 Å². The summed E-state index contributed by atoms with van der Waals surface area (Å²) in [6.07, 6.45) is -0.347. The molecule has 2 atom stereocenters. The zero-order chi connectivity index (χ0) is 12.3. The number of aliphatic hydroxyl groups is 1. The molecule has 0 aromatic heterocycles. The highest BCUT2D eigenvalue weighted by molar-refractivity contribution is 5.68. The number of hydrogen-bond donors (Lipinski definition) is 2. The maximum Gasteiger partial charge on any atom is 0.410 e. The van der Waals surface area contributed by atoms with Gasteiger partial charge in [-0.3, -0.25) is 0 Å². The molecule has 2 N–H and O–H groups in total. The molecular weight excluding hydrogens is 208 g/mol. The molecule has 0 aromatic rings. The van der Waals surface area contributed by atoms with E-state index in [1.165, 1.54) is 0 Å². The Hall–Kier alpha value is -0.810. The summed E-state index contributed by atoms with van der Waals surface area (Å²) in [5.41, 5.74) is -0.495. The van der Waals surface area contributed by atoms with Gasteiger partial charge in [0.1, 0.15) is 5.60 Å². The van der Waals surface area contributed by atoms with Gasteiger partial charge in [0.05, 0.1) is 12.6 Å². The topological polar surface area (TPSA) is 61.8 Å². The fraction of sp³-hybridized carbons (Fsp3) is 0.909. The Morgan fingerprint density at radius 1 is 1.56 bits per heavy atom. The van der Waals surface area contributed by atoms with Crippen LogP contribution in [0.25, 0.3) is 0 Å². The maximum absolute atomic E-state index is 11.9. The molecule has 0 unspecified atom stereocenters. The number of carbonyl (C=O) groups excluding carboxylic acids is 1. The molecule has 0 radical (unpaired) electrons. The molecule has 16 heavy (non-hydrogen) atoms. The van der Waals surface area contributed by atoms with Gasteiger partial charge in [0, 0.05) is 19.1 Å². The number of ether oxygens (including phenoxy) is 1. The smallest absolute Gasteiger partial charge is 0.410 e. The van der Waals surface area contributed by atoms with E-state index in [-0.39, 0.29) is 24.8 Å². The van der Waals surface area contributed by atoms with Gasteiger partial charge in [0.25, 0.3) is 0 Å². The van der Waals surface area contributed by atoms with Gasteiger partial charge in [0.2, 0.25) is 0 Å². The molecule has 1 fully saturated rings. The number of nitrogens with zero attached hydrogens (tertiary/aromatic N) is 1. The van der Waals surface area contributed by atoms with Crippen molar-refractivity contribution in [3.8, 4) is 0 Å². The second kappa shape index (κ2) is 5.01. The zero-order valence-electron chi connectivity index (χ0n) is 10.5. The Bertz CT molecular complexity index is 250.